The van der Waals surface area contributed by atoms with Gasteiger partial charge in [0.25, 0.3) is 5.92 Å². The summed E-state index contributed by atoms with van der Waals surface area (Å²) in [6.45, 7) is 4.15. The van der Waals surface area contributed by atoms with Crippen LogP contribution in [0.4, 0.5) is 8.78 Å². The number of likely N-dealkylation sites (N-methyl/N-ethyl adjacent to an activating group) is 1. The molecule has 28 heavy (non-hydrogen) atoms. The third-order valence-electron chi connectivity index (χ3n) is 5.82. The first-order valence-electron chi connectivity index (χ1n) is 10.1. The number of hydrogen-bond donors (Lipinski definition) is 0. The second-order valence-electron chi connectivity index (χ2n) is 8.10. The molecule has 2 aliphatic heterocycles. The van der Waals surface area contributed by atoms with E-state index in [1.54, 1.807) is 30.3 Å². The molecular formula is C20H31F2N3O2S. The summed E-state index contributed by atoms with van der Waals surface area (Å²) in [5, 5.41) is 0. The number of sulfonamides is 1. The molecule has 158 valence electrons. The quantitative estimate of drug-likeness (QED) is 0.687. The lowest BCUT2D eigenvalue weighted by Gasteiger charge is -2.39. The van der Waals surface area contributed by atoms with Crippen LogP contribution in [0.3, 0.4) is 0 Å². The molecule has 2 aliphatic rings. The van der Waals surface area contributed by atoms with E-state index in [1.807, 2.05) is 11.9 Å². The van der Waals surface area contributed by atoms with Crippen LogP contribution in [-0.4, -0.2) is 80.3 Å². The highest BCUT2D eigenvalue weighted by atomic mass is 32.2. The van der Waals surface area contributed by atoms with Gasteiger partial charge in [0.05, 0.1) is 11.4 Å². The van der Waals surface area contributed by atoms with Crippen molar-refractivity contribution in [1.82, 2.24) is 14.1 Å². The van der Waals surface area contributed by atoms with Gasteiger partial charge in [0.2, 0.25) is 10.0 Å². The van der Waals surface area contributed by atoms with Crippen molar-refractivity contribution in [3.05, 3.63) is 30.3 Å². The smallest absolute Gasteiger partial charge is 0.262 e. The zero-order valence-electron chi connectivity index (χ0n) is 16.7. The van der Waals surface area contributed by atoms with Crippen molar-refractivity contribution in [1.29, 1.82) is 0 Å². The molecule has 1 atom stereocenters. The van der Waals surface area contributed by atoms with E-state index in [4.69, 9.17) is 0 Å². The van der Waals surface area contributed by atoms with Gasteiger partial charge in [-0.05, 0) is 45.0 Å². The molecule has 2 fully saturated rings. The van der Waals surface area contributed by atoms with Crippen LogP contribution in [-0.2, 0) is 10.0 Å². The lowest BCUT2D eigenvalue weighted by atomic mass is 10.0. The zero-order chi connectivity index (χ0) is 20.4. The number of hydrogen-bond acceptors (Lipinski definition) is 4. The minimum Gasteiger partial charge on any atom is -0.305 e. The Morgan fingerprint density at radius 3 is 2.43 bits per heavy atom. The maximum absolute atomic E-state index is 14.2. The van der Waals surface area contributed by atoms with E-state index in [0.717, 1.165) is 13.0 Å². The van der Waals surface area contributed by atoms with Gasteiger partial charge in [-0.25, -0.2) is 17.2 Å². The maximum Gasteiger partial charge on any atom is 0.262 e. The van der Waals surface area contributed by atoms with Crippen LogP contribution < -0.4 is 0 Å². The molecule has 0 amide bonds. The monoisotopic (exact) mass is 415 g/mol. The molecule has 1 aromatic rings. The minimum absolute atomic E-state index is 0.00984. The molecule has 2 heterocycles. The Morgan fingerprint density at radius 2 is 1.82 bits per heavy atom. The summed E-state index contributed by atoms with van der Waals surface area (Å²) in [5.74, 6) is -2.66. The molecule has 0 saturated carbocycles. The van der Waals surface area contributed by atoms with E-state index in [9.17, 15) is 17.2 Å². The maximum atomic E-state index is 14.2. The average molecular weight is 416 g/mol. The summed E-state index contributed by atoms with van der Waals surface area (Å²) < 4.78 is 55.4. The first-order valence-corrected chi connectivity index (χ1v) is 11.5. The molecule has 5 nitrogen and oxygen atoms in total. The third-order valence-corrected chi connectivity index (χ3v) is 7.73. The van der Waals surface area contributed by atoms with Crippen LogP contribution in [0.25, 0.3) is 0 Å². The van der Waals surface area contributed by atoms with Crippen LogP contribution in [0.1, 0.15) is 32.6 Å². The largest absolute Gasteiger partial charge is 0.305 e. The lowest BCUT2D eigenvalue weighted by molar-refractivity contribution is 0.00468. The van der Waals surface area contributed by atoms with Gasteiger partial charge >= 0.3 is 0 Å². The fraction of sp³-hybridized carbons (Fsp3) is 0.700. The number of nitrogens with zero attached hydrogens (tertiary/aromatic N) is 3. The zero-order valence-corrected chi connectivity index (χ0v) is 17.5. The van der Waals surface area contributed by atoms with Gasteiger partial charge in [0, 0.05) is 38.1 Å². The highest BCUT2D eigenvalue weighted by Crippen LogP contribution is 2.36. The van der Waals surface area contributed by atoms with Gasteiger partial charge < -0.3 is 4.90 Å². The molecule has 0 bridgehead atoms. The lowest BCUT2D eigenvalue weighted by Crippen LogP contribution is -2.50. The van der Waals surface area contributed by atoms with Crippen LogP contribution >= 0.6 is 0 Å². The van der Waals surface area contributed by atoms with E-state index >= 15 is 0 Å². The number of rotatable bonds is 7. The Morgan fingerprint density at radius 1 is 1.18 bits per heavy atom. The second-order valence-corrected chi connectivity index (χ2v) is 10.0. The Labute approximate surface area is 167 Å². The van der Waals surface area contributed by atoms with Gasteiger partial charge in [0.15, 0.2) is 0 Å². The SMILES string of the molecule is CCCN(C)C[C@@H]1CC(F)(F)CN1C1CCN(S(=O)(=O)c2ccccc2)CC1. The van der Waals surface area contributed by atoms with Gasteiger partial charge in [-0.2, -0.15) is 4.31 Å². The van der Waals surface area contributed by atoms with Crippen molar-refractivity contribution in [2.45, 2.75) is 55.5 Å². The van der Waals surface area contributed by atoms with Gasteiger partial charge in [-0.3, -0.25) is 4.90 Å². The van der Waals surface area contributed by atoms with Gasteiger partial charge in [-0.1, -0.05) is 25.1 Å². The Kier molecular flexibility index (Phi) is 6.74. The van der Waals surface area contributed by atoms with Crippen molar-refractivity contribution >= 4 is 10.0 Å². The molecule has 0 unspecified atom stereocenters. The molecule has 0 spiro atoms. The van der Waals surface area contributed by atoms with Gasteiger partial charge in [-0.15, -0.1) is 0 Å². The Hall–Kier alpha value is -1.09. The molecule has 0 N–H and O–H groups in total. The van der Waals surface area contributed by atoms with E-state index in [0.29, 0.717) is 37.4 Å². The first-order chi connectivity index (χ1) is 13.2. The standard InChI is InChI=1S/C20H31F2N3O2S/c1-3-11-23(2)15-18-14-20(21,22)16-25(18)17-9-12-24(13-10-17)28(26,27)19-7-5-4-6-8-19/h4-8,17-18H,3,9-16H2,1-2H3/t18-/m0/s1. The normalized spacial score (nSPS) is 24.8. The third kappa shape index (κ3) is 4.90. The van der Waals surface area contributed by atoms with Crippen molar-refractivity contribution in [2.75, 3.05) is 39.8 Å². The van der Waals surface area contributed by atoms with E-state index < -0.39 is 15.9 Å². The van der Waals surface area contributed by atoms with Crippen LogP contribution in [0.15, 0.2) is 35.2 Å². The molecule has 8 heteroatoms. The van der Waals surface area contributed by atoms with Crippen molar-refractivity contribution < 1.29 is 17.2 Å². The van der Waals surface area contributed by atoms with Crippen LogP contribution in [0.2, 0.25) is 0 Å². The fourth-order valence-electron chi connectivity index (χ4n) is 4.51. The van der Waals surface area contributed by atoms with Crippen LogP contribution in [0.5, 0.6) is 0 Å². The first kappa shape index (κ1) is 21.6. The van der Waals surface area contributed by atoms with Crippen molar-refractivity contribution in [2.24, 2.45) is 0 Å². The summed E-state index contributed by atoms with van der Waals surface area (Å²) >= 11 is 0. The summed E-state index contributed by atoms with van der Waals surface area (Å²) in [7, 11) is -1.53. The highest BCUT2D eigenvalue weighted by Gasteiger charge is 2.48. The predicted molar refractivity (Wildman–Crippen MR) is 106 cm³/mol. The van der Waals surface area contributed by atoms with Gasteiger partial charge in [0.1, 0.15) is 0 Å². The van der Waals surface area contributed by atoms with E-state index in [-0.39, 0.29) is 25.0 Å². The molecule has 0 aromatic heterocycles. The number of halogens is 2. The molecule has 3 rings (SSSR count). The van der Waals surface area contributed by atoms with Crippen LogP contribution in [0, 0.1) is 0 Å². The fourth-order valence-corrected chi connectivity index (χ4v) is 6.00. The molecule has 1 aromatic carbocycles. The summed E-state index contributed by atoms with van der Waals surface area (Å²) in [6, 6.07) is 8.25. The number of benzene rings is 1. The number of piperidine rings is 1. The number of likely N-dealkylation sites (tertiary alicyclic amines) is 1. The minimum atomic E-state index is -3.51. The summed E-state index contributed by atoms with van der Waals surface area (Å²) in [6.07, 6.45) is 2.07. The molecule has 0 radical (unpaired) electrons. The predicted octanol–water partition coefficient (Wildman–Crippen LogP) is 2.89. The van der Waals surface area contributed by atoms with Crippen molar-refractivity contribution in [3.8, 4) is 0 Å². The summed E-state index contributed by atoms with van der Waals surface area (Å²) in [5.41, 5.74) is 0. The Balaban J connectivity index is 1.64. The number of alkyl halides is 2. The van der Waals surface area contributed by atoms with E-state index in [2.05, 4.69) is 11.8 Å². The molecule has 0 aliphatic carbocycles. The van der Waals surface area contributed by atoms with Crippen molar-refractivity contribution in [3.63, 3.8) is 0 Å². The average Bonchev–Trinajstić information content (AvgIpc) is 2.97. The summed E-state index contributed by atoms with van der Waals surface area (Å²) in [4.78, 5) is 4.35. The second kappa shape index (κ2) is 8.73. The molecular weight excluding hydrogens is 384 g/mol. The topological polar surface area (TPSA) is 43.9 Å². The van der Waals surface area contributed by atoms with E-state index in [1.165, 1.54) is 4.31 Å². The molecule has 2 saturated heterocycles. The Bertz CT molecular complexity index is 737. The highest BCUT2D eigenvalue weighted by molar-refractivity contribution is 7.89.